The van der Waals surface area contributed by atoms with Crippen LogP contribution in [0.25, 0.3) is 0 Å². The molecule has 3 rings (SSSR count). The second-order valence-corrected chi connectivity index (χ2v) is 6.19. The van der Waals surface area contributed by atoms with Crippen molar-refractivity contribution in [3.63, 3.8) is 0 Å². The van der Waals surface area contributed by atoms with Crippen LogP contribution in [0.3, 0.4) is 0 Å². The SMILES string of the molecule is Cc1ccc(Nc2nc(C(=O)CC(=N)c3ccccc3)cs2)nc1. The third-order valence-electron chi connectivity index (χ3n) is 3.40. The fourth-order valence-electron chi connectivity index (χ4n) is 2.10. The van der Waals surface area contributed by atoms with Gasteiger partial charge in [-0.3, -0.25) is 4.79 Å². The third-order valence-corrected chi connectivity index (χ3v) is 4.15. The van der Waals surface area contributed by atoms with Crippen LogP contribution in [0.4, 0.5) is 10.9 Å². The molecule has 0 spiro atoms. The van der Waals surface area contributed by atoms with Crippen molar-refractivity contribution in [3.8, 4) is 0 Å². The van der Waals surface area contributed by atoms with Gasteiger partial charge in [0.15, 0.2) is 10.9 Å². The van der Waals surface area contributed by atoms with Crippen LogP contribution in [-0.4, -0.2) is 21.5 Å². The Balaban J connectivity index is 1.65. The third kappa shape index (κ3) is 3.91. The Morgan fingerprint density at radius 3 is 2.71 bits per heavy atom. The van der Waals surface area contributed by atoms with E-state index in [1.807, 2.05) is 49.4 Å². The van der Waals surface area contributed by atoms with Crippen molar-refractivity contribution >= 4 is 33.8 Å². The zero-order valence-corrected chi connectivity index (χ0v) is 13.9. The molecule has 3 aromatic rings. The normalized spacial score (nSPS) is 10.4. The fourth-order valence-corrected chi connectivity index (χ4v) is 2.83. The number of aryl methyl sites for hydroxylation is 1. The Kier molecular flexibility index (Phi) is 4.77. The standard InChI is InChI=1S/C18H16N4OS/c1-12-7-8-17(20-10-12)22-18-21-15(11-24-18)16(23)9-14(19)13-5-3-2-4-6-13/h2-8,10-11,19H,9H2,1H3,(H,20,21,22). The molecule has 120 valence electrons. The first-order chi connectivity index (χ1) is 11.6. The summed E-state index contributed by atoms with van der Waals surface area (Å²) in [5.41, 5.74) is 2.50. The van der Waals surface area contributed by atoms with Crippen molar-refractivity contribution in [1.29, 1.82) is 5.41 Å². The number of hydrogen-bond donors (Lipinski definition) is 2. The summed E-state index contributed by atoms with van der Waals surface area (Å²) in [7, 11) is 0. The number of carbonyl (C=O) groups excluding carboxylic acids is 1. The molecule has 2 aromatic heterocycles. The number of Topliss-reactive ketones (excluding diaryl/α,β-unsaturated/α-hetero) is 1. The Morgan fingerprint density at radius 1 is 1.21 bits per heavy atom. The van der Waals surface area contributed by atoms with Gasteiger partial charge in [-0.05, 0) is 24.1 Å². The number of ketones is 1. The topological polar surface area (TPSA) is 78.7 Å². The zero-order chi connectivity index (χ0) is 16.9. The maximum absolute atomic E-state index is 12.3. The number of benzene rings is 1. The van der Waals surface area contributed by atoms with Gasteiger partial charge in [-0.2, -0.15) is 0 Å². The van der Waals surface area contributed by atoms with Gasteiger partial charge in [-0.15, -0.1) is 11.3 Å². The first-order valence-electron chi connectivity index (χ1n) is 7.43. The van der Waals surface area contributed by atoms with Crippen LogP contribution in [-0.2, 0) is 0 Å². The molecule has 0 fully saturated rings. The molecule has 5 nitrogen and oxygen atoms in total. The van der Waals surface area contributed by atoms with Crippen LogP contribution in [0.5, 0.6) is 0 Å². The number of rotatable bonds is 6. The molecule has 2 N–H and O–H groups in total. The highest BCUT2D eigenvalue weighted by Gasteiger charge is 2.14. The maximum atomic E-state index is 12.3. The summed E-state index contributed by atoms with van der Waals surface area (Å²) < 4.78 is 0. The molecule has 0 aliphatic heterocycles. The van der Waals surface area contributed by atoms with Crippen molar-refractivity contribution in [1.82, 2.24) is 9.97 Å². The van der Waals surface area contributed by atoms with Crippen molar-refractivity contribution in [2.75, 3.05) is 5.32 Å². The molecule has 0 bridgehead atoms. The minimum atomic E-state index is -0.162. The van der Waals surface area contributed by atoms with E-state index in [2.05, 4.69) is 15.3 Å². The highest BCUT2D eigenvalue weighted by atomic mass is 32.1. The maximum Gasteiger partial charge on any atom is 0.188 e. The number of hydrogen-bond acceptors (Lipinski definition) is 6. The monoisotopic (exact) mass is 336 g/mol. The Morgan fingerprint density at radius 2 is 2.00 bits per heavy atom. The Hall–Kier alpha value is -2.86. The molecule has 1 aromatic carbocycles. The van der Waals surface area contributed by atoms with Crippen molar-refractivity contribution < 1.29 is 4.79 Å². The molecule has 0 amide bonds. The van der Waals surface area contributed by atoms with Crippen LogP contribution in [0.2, 0.25) is 0 Å². The molecule has 6 heteroatoms. The van der Waals surface area contributed by atoms with Crippen LogP contribution >= 0.6 is 11.3 Å². The molecule has 0 aliphatic carbocycles. The number of carbonyl (C=O) groups is 1. The van der Waals surface area contributed by atoms with Crippen molar-refractivity contribution in [2.24, 2.45) is 0 Å². The average molecular weight is 336 g/mol. The van der Waals surface area contributed by atoms with Crippen molar-refractivity contribution in [2.45, 2.75) is 13.3 Å². The number of pyridine rings is 1. The second kappa shape index (κ2) is 7.14. The van der Waals surface area contributed by atoms with Crippen LogP contribution in [0, 0.1) is 12.3 Å². The predicted octanol–water partition coefficient (Wildman–Crippen LogP) is 4.23. The summed E-state index contributed by atoms with van der Waals surface area (Å²) in [6.07, 6.45) is 1.80. The lowest BCUT2D eigenvalue weighted by Crippen LogP contribution is -2.09. The molecular weight excluding hydrogens is 320 g/mol. The average Bonchev–Trinajstić information content (AvgIpc) is 3.06. The van der Waals surface area contributed by atoms with Gasteiger partial charge in [-0.1, -0.05) is 36.4 Å². The van der Waals surface area contributed by atoms with Gasteiger partial charge in [0.2, 0.25) is 0 Å². The van der Waals surface area contributed by atoms with Gasteiger partial charge >= 0.3 is 0 Å². The van der Waals surface area contributed by atoms with Crippen LogP contribution < -0.4 is 5.32 Å². The smallest absolute Gasteiger partial charge is 0.188 e. The number of nitrogens with zero attached hydrogens (tertiary/aromatic N) is 2. The summed E-state index contributed by atoms with van der Waals surface area (Å²) in [6, 6.07) is 13.1. The molecule has 0 saturated heterocycles. The molecule has 0 radical (unpaired) electrons. The lowest BCUT2D eigenvalue weighted by Gasteiger charge is -2.02. The first-order valence-corrected chi connectivity index (χ1v) is 8.31. The molecular formula is C18H16N4OS. The van der Waals surface area contributed by atoms with Crippen molar-refractivity contribution in [3.05, 3.63) is 70.9 Å². The molecule has 0 saturated carbocycles. The molecule has 24 heavy (non-hydrogen) atoms. The van der Waals surface area contributed by atoms with Gasteiger partial charge in [-0.25, -0.2) is 9.97 Å². The highest BCUT2D eigenvalue weighted by Crippen LogP contribution is 2.21. The minimum absolute atomic E-state index is 0.0377. The number of nitrogens with one attached hydrogen (secondary N) is 2. The Labute approximate surface area is 143 Å². The zero-order valence-electron chi connectivity index (χ0n) is 13.1. The quantitative estimate of drug-likeness (QED) is 0.521. The van der Waals surface area contributed by atoms with Crippen LogP contribution in [0.15, 0.2) is 54.0 Å². The van der Waals surface area contributed by atoms with Gasteiger partial charge < -0.3 is 10.7 Å². The lowest BCUT2D eigenvalue weighted by molar-refractivity contribution is 0.0996. The molecule has 0 aliphatic rings. The minimum Gasteiger partial charge on any atom is -0.316 e. The number of aromatic nitrogens is 2. The molecule has 0 atom stereocenters. The van der Waals surface area contributed by atoms with Gasteiger partial charge in [0.05, 0.1) is 6.42 Å². The second-order valence-electron chi connectivity index (χ2n) is 5.33. The van der Waals surface area contributed by atoms with E-state index in [9.17, 15) is 4.79 Å². The molecule has 2 heterocycles. The molecule has 0 unspecified atom stereocenters. The number of thiazole rings is 1. The van der Waals surface area contributed by atoms with E-state index >= 15 is 0 Å². The largest absolute Gasteiger partial charge is 0.316 e. The summed E-state index contributed by atoms with van der Waals surface area (Å²) >= 11 is 1.35. The van der Waals surface area contributed by atoms with E-state index in [1.165, 1.54) is 11.3 Å². The van der Waals surface area contributed by atoms with E-state index < -0.39 is 0 Å². The summed E-state index contributed by atoms with van der Waals surface area (Å²) in [6.45, 7) is 1.97. The lowest BCUT2D eigenvalue weighted by atomic mass is 10.0. The van der Waals surface area contributed by atoms with E-state index in [0.29, 0.717) is 22.4 Å². The van der Waals surface area contributed by atoms with E-state index in [1.54, 1.807) is 11.6 Å². The van der Waals surface area contributed by atoms with Gasteiger partial charge in [0.25, 0.3) is 0 Å². The summed E-state index contributed by atoms with van der Waals surface area (Å²) in [4.78, 5) is 20.8. The first kappa shape index (κ1) is 16.0. The highest BCUT2D eigenvalue weighted by molar-refractivity contribution is 7.14. The summed E-state index contributed by atoms with van der Waals surface area (Å²) in [5.74, 6) is 0.524. The number of anilines is 2. The van der Waals surface area contributed by atoms with E-state index in [4.69, 9.17) is 5.41 Å². The fraction of sp³-hybridized carbons (Fsp3) is 0.111. The van der Waals surface area contributed by atoms with E-state index in [-0.39, 0.29) is 12.2 Å². The summed E-state index contributed by atoms with van der Waals surface area (Å²) in [5, 5.41) is 13.4. The predicted molar refractivity (Wildman–Crippen MR) is 96.6 cm³/mol. The van der Waals surface area contributed by atoms with Gasteiger partial charge in [0, 0.05) is 17.3 Å². The Bertz CT molecular complexity index is 856. The van der Waals surface area contributed by atoms with E-state index in [0.717, 1.165) is 11.1 Å². The van der Waals surface area contributed by atoms with Crippen LogP contribution in [0.1, 0.15) is 28.0 Å². The van der Waals surface area contributed by atoms with Gasteiger partial charge in [0.1, 0.15) is 11.5 Å².